The second-order valence-electron chi connectivity index (χ2n) is 4.27. The molecule has 1 aliphatic rings. The average Bonchev–Trinajstić information content (AvgIpc) is 3.14. The van der Waals surface area contributed by atoms with Crippen LogP contribution in [0.5, 0.6) is 5.75 Å². The number of para-hydroxylation sites is 1. The molecule has 96 valence electrons. The zero-order chi connectivity index (χ0) is 13.3. The molecule has 0 radical (unpaired) electrons. The van der Waals surface area contributed by atoms with Gasteiger partial charge in [-0.3, -0.25) is 9.59 Å². The Morgan fingerprint density at radius 1 is 1.33 bits per heavy atom. The van der Waals surface area contributed by atoms with Crippen LogP contribution in [0.25, 0.3) is 0 Å². The lowest BCUT2D eigenvalue weighted by Crippen LogP contribution is -2.28. The summed E-state index contributed by atoms with van der Waals surface area (Å²) in [5, 5.41) is 9.26. The molecule has 1 fully saturated rings. The van der Waals surface area contributed by atoms with Gasteiger partial charge in [-0.05, 0) is 18.1 Å². The van der Waals surface area contributed by atoms with Crippen LogP contribution in [0.15, 0.2) is 24.3 Å². The van der Waals surface area contributed by atoms with E-state index in [1.165, 1.54) is 14.2 Å². The molecule has 18 heavy (non-hydrogen) atoms. The van der Waals surface area contributed by atoms with Gasteiger partial charge >= 0.3 is 11.9 Å². The molecule has 5 nitrogen and oxygen atoms in total. The first-order valence-corrected chi connectivity index (χ1v) is 5.52. The number of benzene rings is 1. The SMILES string of the molecule is COC(=O)[C@]1(C(=O)O)C[C@H]1c1ccccc1OC. The van der Waals surface area contributed by atoms with Crippen molar-refractivity contribution in [1.82, 2.24) is 0 Å². The van der Waals surface area contributed by atoms with Crippen LogP contribution in [0.1, 0.15) is 17.9 Å². The molecular formula is C13H14O5. The first-order chi connectivity index (χ1) is 8.57. The molecule has 1 aromatic carbocycles. The van der Waals surface area contributed by atoms with E-state index in [2.05, 4.69) is 4.74 Å². The van der Waals surface area contributed by atoms with Crippen molar-refractivity contribution in [3.8, 4) is 5.75 Å². The van der Waals surface area contributed by atoms with E-state index in [0.29, 0.717) is 5.75 Å². The maximum absolute atomic E-state index is 11.7. The van der Waals surface area contributed by atoms with Gasteiger partial charge in [-0.1, -0.05) is 18.2 Å². The quantitative estimate of drug-likeness (QED) is 0.646. The third-order valence-electron chi connectivity index (χ3n) is 3.41. The Balaban J connectivity index is 2.38. The minimum atomic E-state index is -1.45. The Bertz CT molecular complexity index is 496. The molecule has 0 saturated heterocycles. The molecule has 2 atom stereocenters. The number of hydrogen-bond acceptors (Lipinski definition) is 4. The second-order valence-corrected chi connectivity index (χ2v) is 4.27. The second kappa shape index (κ2) is 4.33. The fourth-order valence-corrected chi connectivity index (χ4v) is 2.32. The van der Waals surface area contributed by atoms with Crippen molar-refractivity contribution in [1.29, 1.82) is 0 Å². The molecule has 0 amide bonds. The molecule has 0 unspecified atom stereocenters. The van der Waals surface area contributed by atoms with Gasteiger partial charge in [-0.2, -0.15) is 0 Å². The van der Waals surface area contributed by atoms with Crippen LogP contribution in [0, 0.1) is 5.41 Å². The van der Waals surface area contributed by atoms with Crippen LogP contribution in [0.4, 0.5) is 0 Å². The summed E-state index contributed by atoms with van der Waals surface area (Å²) < 4.78 is 9.79. The number of esters is 1. The maximum Gasteiger partial charge on any atom is 0.323 e. The zero-order valence-electron chi connectivity index (χ0n) is 10.2. The van der Waals surface area contributed by atoms with E-state index in [1.807, 2.05) is 0 Å². The van der Waals surface area contributed by atoms with Gasteiger partial charge in [0.1, 0.15) is 5.75 Å². The fourth-order valence-electron chi connectivity index (χ4n) is 2.32. The van der Waals surface area contributed by atoms with Crippen molar-refractivity contribution in [3.05, 3.63) is 29.8 Å². The van der Waals surface area contributed by atoms with Crippen LogP contribution in [0.3, 0.4) is 0 Å². The van der Waals surface area contributed by atoms with Gasteiger partial charge in [-0.25, -0.2) is 0 Å². The summed E-state index contributed by atoms with van der Waals surface area (Å²) in [7, 11) is 2.71. The van der Waals surface area contributed by atoms with Crippen molar-refractivity contribution < 1.29 is 24.2 Å². The molecule has 1 aromatic rings. The molecule has 0 heterocycles. The van der Waals surface area contributed by atoms with Crippen molar-refractivity contribution in [2.45, 2.75) is 12.3 Å². The Kier molecular flexibility index (Phi) is 2.98. The van der Waals surface area contributed by atoms with E-state index < -0.39 is 23.3 Å². The van der Waals surface area contributed by atoms with Crippen LogP contribution < -0.4 is 4.74 Å². The molecule has 0 bridgehead atoms. The highest BCUT2D eigenvalue weighted by Crippen LogP contribution is 2.61. The van der Waals surface area contributed by atoms with E-state index in [0.717, 1.165) is 5.56 Å². The van der Waals surface area contributed by atoms with Crippen molar-refractivity contribution >= 4 is 11.9 Å². The number of carboxylic acid groups (broad SMARTS) is 1. The van der Waals surface area contributed by atoms with Gasteiger partial charge in [0.25, 0.3) is 0 Å². The highest BCUT2D eigenvalue weighted by Gasteiger charge is 2.68. The number of aliphatic carboxylic acids is 1. The molecule has 0 aromatic heterocycles. The van der Waals surface area contributed by atoms with Crippen LogP contribution >= 0.6 is 0 Å². The molecule has 1 N–H and O–H groups in total. The van der Waals surface area contributed by atoms with Crippen molar-refractivity contribution in [3.63, 3.8) is 0 Å². The van der Waals surface area contributed by atoms with E-state index in [1.54, 1.807) is 24.3 Å². The van der Waals surface area contributed by atoms with Crippen LogP contribution in [0.2, 0.25) is 0 Å². The number of carbonyl (C=O) groups excluding carboxylic acids is 1. The molecule has 1 aliphatic carbocycles. The molecular weight excluding hydrogens is 236 g/mol. The summed E-state index contributed by atoms with van der Waals surface area (Å²) >= 11 is 0. The van der Waals surface area contributed by atoms with Crippen molar-refractivity contribution in [2.75, 3.05) is 14.2 Å². The summed E-state index contributed by atoms with van der Waals surface area (Å²) in [5.41, 5.74) is -0.726. The topological polar surface area (TPSA) is 72.8 Å². The first-order valence-electron chi connectivity index (χ1n) is 5.52. The summed E-state index contributed by atoms with van der Waals surface area (Å²) in [6.07, 6.45) is 0.245. The third kappa shape index (κ3) is 1.63. The van der Waals surface area contributed by atoms with E-state index in [4.69, 9.17) is 4.74 Å². The number of carbonyl (C=O) groups is 2. The van der Waals surface area contributed by atoms with Gasteiger partial charge < -0.3 is 14.6 Å². The molecule has 2 rings (SSSR count). The minimum absolute atomic E-state index is 0.245. The lowest BCUT2D eigenvalue weighted by molar-refractivity contribution is -0.159. The van der Waals surface area contributed by atoms with Crippen LogP contribution in [-0.2, 0) is 14.3 Å². The number of carboxylic acids is 1. The highest BCUT2D eigenvalue weighted by atomic mass is 16.5. The third-order valence-corrected chi connectivity index (χ3v) is 3.41. The average molecular weight is 250 g/mol. The largest absolute Gasteiger partial charge is 0.496 e. The highest BCUT2D eigenvalue weighted by molar-refractivity contribution is 6.04. The monoisotopic (exact) mass is 250 g/mol. The Morgan fingerprint density at radius 2 is 2.00 bits per heavy atom. The minimum Gasteiger partial charge on any atom is -0.496 e. The predicted octanol–water partition coefficient (Wildman–Crippen LogP) is 1.43. The summed E-state index contributed by atoms with van der Waals surface area (Å²) in [4.78, 5) is 23.0. The van der Waals surface area contributed by atoms with Gasteiger partial charge in [-0.15, -0.1) is 0 Å². The van der Waals surface area contributed by atoms with E-state index in [9.17, 15) is 14.7 Å². The number of rotatable bonds is 4. The normalized spacial score (nSPS) is 25.3. The Labute approximate surface area is 104 Å². The fraction of sp³-hybridized carbons (Fsp3) is 0.385. The predicted molar refractivity (Wildman–Crippen MR) is 62.4 cm³/mol. The summed E-state index contributed by atoms with van der Waals surface area (Å²) in [6, 6.07) is 7.11. The van der Waals surface area contributed by atoms with Gasteiger partial charge in [0, 0.05) is 5.92 Å². The number of hydrogen-bond donors (Lipinski definition) is 1. The Morgan fingerprint density at radius 3 is 2.56 bits per heavy atom. The maximum atomic E-state index is 11.7. The van der Waals surface area contributed by atoms with Gasteiger partial charge in [0.15, 0.2) is 5.41 Å². The van der Waals surface area contributed by atoms with E-state index >= 15 is 0 Å². The molecule has 0 spiro atoms. The standard InChI is InChI=1S/C13H14O5/c1-17-10-6-4-3-5-8(10)9-7-13(9,11(14)15)12(16)18-2/h3-6,9H,7H2,1-2H3,(H,14,15)/t9-,13+/m0/s1. The molecule has 1 saturated carbocycles. The van der Waals surface area contributed by atoms with Gasteiger partial charge in [0.05, 0.1) is 14.2 Å². The molecule has 5 heteroatoms. The Hall–Kier alpha value is -2.04. The van der Waals surface area contributed by atoms with E-state index in [-0.39, 0.29) is 6.42 Å². The first kappa shape index (κ1) is 12.4. The number of methoxy groups -OCH3 is 2. The van der Waals surface area contributed by atoms with Crippen LogP contribution in [-0.4, -0.2) is 31.3 Å². The zero-order valence-corrected chi connectivity index (χ0v) is 10.2. The lowest BCUT2D eigenvalue weighted by Gasteiger charge is -2.12. The molecule has 0 aliphatic heterocycles. The lowest BCUT2D eigenvalue weighted by atomic mass is 9.98. The summed E-state index contributed by atoms with van der Waals surface area (Å²) in [5.74, 6) is -1.65. The van der Waals surface area contributed by atoms with Crippen molar-refractivity contribution in [2.24, 2.45) is 5.41 Å². The smallest absolute Gasteiger partial charge is 0.323 e. The van der Waals surface area contributed by atoms with Gasteiger partial charge in [0.2, 0.25) is 0 Å². The summed E-state index contributed by atoms with van der Waals surface area (Å²) in [6.45, 7) is 0. The number of ether oxygens (including phenoxy) is 2.